The molecule has 0 radical (unpaired) electrons. The second-order valence-corrected chi connectivity index (χ2v) is 11.9. The average molecular weight is 533 g/mol. The van der Waals surface area contributed by atoms with Crippen molar-refractivity contribution >= 4 is 11.8 Å². The van der Waals surface area contributed by atoms with E-state index in [2.05, 4.69) is 0 Å². The number of carbonyl (C=O) groups excluding carboxylic acids is 1. The van der Waals surface area contributed by atoms with Crippen molar-refractivity contribution in [2.45, 2.75) is 89.4 Å². The van der Waals surface area contributed by atoms with Gasteiger partial charge in [-0.05, 0) is 62.6 Å². The van der Waals surface area contributed by atoms with Gasteiger partial charge in [-0.25, -0.2) is 4.79 Å². The molecule has 0 unspecified atom stereocenters. The number of aryl methyl sites for hydroxylation is 1. The van der Waals surface area contributed by atoms with Gasteiger partial charge in [0.15, 0.2) is 11.5 Å². The van der Waals surface area contributed by atoms with Crippen LogP contribution in [0.2, 0.25) is 0 Å². The SMILES string of the molecule is COc1cc(CCC2=C(C(=O)O)C[C@]3(O)[C@@]4(C)C(=O)CCC(C)(C)[C@]4(O)CC[C@@]3(C)O2)cc(OC)c1OC. The first-order valence-corrected chi connectivity index (χ1v) is 13.1. The predicted molar refractivity (Wildman–Crippen MR) is 138 cm³/mol. The Balaban J connectivity index is 1.75. The van der Waals surface area contributed by atoms with E-state index in [1.807, 2.05) is 13.8 Å². The number of ketones is 1. The van der Waals surface area contributed by atoms with E-state index in [1.165, 1.54) is 21.3 Å². The van der Waals surface area contributed by atoms with Gasteiger partial charge in [0, 0.05) is 19.3 Å². The van der Waals surface area contributed by atoms with E-state index >= 15 is 0 Å². The van der Waals surface area contributed by atoms with Gasteiger partial charge in [0.2, 0.25) is 5.75 Å². The van der Waals surface area contributed by atoms with Crippen LogP contribution in [0.5, 0.6) is 17.2 Å². The van der Waals surface area contributed by atoms with Gasteiger partial charge in [-0.1, -0.05) is 13.8 Å². The van der Waals surface area contributed by atoms with Gasteiger partial charge >= 0.3 is 5.97 Å². The van der Waals surface area contributed by atoms with Gasteiger partial charge < -0.3 is 34.3 Å². The van der Waals surface area contributed by atoms with E-state index in [0.29, 0.717) is 30.1 Å². The molecule has 1 aromatic rings. The van der Waals surface area contributed by atoms with Crippen molar-refractivity contribution in [3.63, 3.8) is 0 Å². The van der Waals surface area contributed by atoms with Crippen molar-refractivity contribution in [3.8, 4) is 17.2 Å². The molecule has 2 fully saturated rings. The highest BCUT2D eigenvalue weighted by Crippen LogP contribution is 2.67. The molecule has 210 valence electrons. The Morgan fingerprint density at radius 2 is 1.53 bits per heavy atom. The van der Waals surface area contributed by atoms with Crippen molar-refractivity contribution in [2.24, 2.45) is 10.8 Å². The third kappa shape index (κ3) is 3.65. The first-order valence-electron chi connectivity index (χ1n) is 13.1. The van der Waals surface area contributed by atoms with Crippen molar-refractivity contribution in [1.29, 1.82) is 0 Å². The Morgan fingerprint density at radius 3 is 2.05 bits per heavy atom. The Bertz CT molecular complexity index is 1160. The molecule has 0 aromatic heterocycles. The maximum atomic E-state index is 13.5. The van der Waals surface area contributed by atoms with Crippen LogP contribution in [0.4, 0.5) is 0 Å². The van der Waals surface area contributed by atoms with Gasteiger partial charge in [-0.2, -0.15) is 0 Å². The molecule has 0 bridgehead atoms. The van der Waals surface area contributed by atoms with Crippen LogP contribution >= 0.6 is 0 Å². The molecule has 38 heavy (non-hydrogen) atoms. The second-order valence-electron chi connectivity index (χ2n) is 11.9. The normalized spacial score (nSPS) is 34.1. The number of allylic oxidation sites excluding steroid dienone is 1. The molecule has 3 N–H and O–H groups in total. The maximum absolute atomic E-state index is 13.5. The number of ether oxygens (including phenoxy) is 4. The number of methoxy groups -OCH3 is 3. The van der Waals surface area contributed by atoms with Crippen LogP contribution in [0, 0.1) is 10.8 Å². The summed E-state index contributed by atoms with van der Waals surface area (Å²) in [6, 6.07) is 3.60. The Labute approximate surface area is 223 Å². The minimum atomic E-state index is -1.91. The van der Waals surface area contributed by atoms with E-state index < -0.39 is 33.6 Å². The molecule has 1 heterocycles. The fourth-order valence-corrected chi connectivity index (χ4v) is 7.23. The standard InChI is InChI=1S/C29H40O9/c1-25(2)11-10-22(30)27(4)28(25,33)13-12-26(3)29(27,34)16-18(24(31)32)19(38-26)9-8-17-14-20(35-5)23(37-7)21(15-17)36-6/h14-15,33-34H,8-13,16H2,1-7H3,(H,31,32)/t26-,27+,28-,29-/m1/s1. The minimum Gasteiger partial charge on any atom is -0.493 e. The van der Waals surface area contributed by atoms with E-state index in [1.54, 1.807) is 26.0 Å². The monoisotopic (exact) mass is 532 g/mol. The quantitative estimate of drug-likeness (QED) is 0.479. The number of aliphatic carboxylic acids is 1. The number of aliphatic hydroxyl groups is 2. The molecular weight excluding hydrogens is 492 g/mol. The molecule has 0 saturated heterocycles. The lowest BCUT2D eigenvalue weighted by Crippen LogP contribution is -2.80. The summed E-state index contributed by atoms with van der Waals surface area (Å²) in [7, 11) is 4.57. The molecule has 1 aliphatic heterocycles. The first-order chi connectivity index (χ1) is 17.6. The molecule has 9 nitrogen and oxygen atoms in total. The fourth-order valence-electron chi connectivity index (χ4n) is 7.23. The fraction of sp³-hybridized carbons (Fsp3) is 0.655. The van der Waals surface area contributed by atoms with Crippen molar-refractivity contribution in [3.05, 3.63) is 29.0 Å². The summed E-state index contributed by atoms with van der Waals surface area (Å²) in [4.78, 5) is 26.0. The van der Waals surface area contributed by atoms with E-state index in [4.69, 9.17) is 18.9 Å². The van der Waals surface area contributed by atoms with Crippen molar-refractivity contribution in [2.75, 3.05) is 21.3 Å². The van der Waals surface area contributed by atoms with Gasteiger partial charge in [0.05, 0.1) is 37.9 Å². The minimum absolute atomic E-state index is 0.0842. The third-order valence-corrected chi connectivity index (χ3v) is 9.89. The van der Waals surface area contributed by atoms with Crippen LogP contribution in [0.3, 0.4) is 0 Å². The average Bonchev–Trinajstić information content (AvgIpc) is 2.87. The zero-order chi connectivity index (χ0) is 28.3. The highest BCUT2D eigenvalue weighted by molar-refractivity contribution is 5.91. The molecule has 3 aliphatic rings. The number of rotatable bonds is 7. The Hall–Kier alpha value is -2.78. The largest absolute Gasteiger partial charge is 0.493 e. The summed E-state index contributed by atoms with van der Waals surface area (Å²) in [5.74, 6) is 0.201. The summed E-state index contributed by atoms with van der Waals surface area (Å²) >= 11 is 0. The van der Waals surface area contributed by atoms with E-state index in [9.17, 15) is 24.9 Å². The molecule has 0 spiro atoms. The molecule has 2 aliphatic carbocycles. The number of carboxylic acids is 1. The molecule has 4 atom stereocenters. The molecule has 2 saturated carbocycles. The highest BCUT2D eigenvalue weighted by Gasteiger charge is 2.78. The third-order valence-electron chi connectivity index (χ3n) is 9.89. The number of hydrogen-bond donors (Lipinski definition) is 3. The second kappa shape index (κ2) is 9.16. The summed E-state index contributed by atoms with van der Waals surface area (Å²) in [5, 5.41) is 34.5. The molecular formula is C29H40O9. The summed E-state index contributed by atoms with van der Waals surface area (Å²) < 4.78 is 22.7. The van der Waals surface area contributed by atoms with E-state index in [-0.39, 0.29) is 49.2 Å². The number of carboxylic acid groups (broad SMARTS) is 1. The molecule has 4 rings (SSSR count). The smallest absolute Gasteiger partial charge is 0.335 e. The summed E-state index contributed by atoms with van der Waals surface area (Å²) in [6.07, 6.45) is 1.56. The van der Waals surface area contributed by atoms with Gasteiger partial charge in [-0.3, -0.25) is 4.79 Å². The van der Waals surface area contributed by atoms with Crippen LogP contribution in [0.25, 0.3) is 0 Å². The van der Waals surface area contributed by atoms with Crippen LogP contribution in [-0.2, 0) is 20.7 Å². The number of benzene rings is 1. The molecule has 1 aromatic carbocycles. The van der Waals surface area contributed by atoms with Gasteiger partial charge in [0.25, 0.3) is 0 Å². The lowest BCUT2D eigenvalue weighted by atomic mass is 9.40. The maximum Gasteiger partial charge on any atom is 0.335 e. The lowest BCUT2D eigenvalue weighted by Gasteiger charge is -2.69. The molecule has 9 heteroatoms. The number of Topliss-reactive ketones (excluding diaryl/α,β-unsaturated/α-hetero) is 1. The summed E-state index contributed by atoms with van der Waals surface area (Å²) in [5.41, 5.74) is -6.19. The van der Waals surface area contributed by atoms with Crippen molar-refractivity contribution < 1.29 is 43.9 Å². The summed E-state index contributed by atoms with van der Waals surface area (Å²) in [6.45, 7) is 7.14. The number of hydrogen-bond acceptors (Lipinski definition) is 8. The molecule has 0 amide bonds. The topological polar surface area (TPSA) is 132 Å². The van der Waals surface area contributed by atoms with Crippen LogP contribution < -0.4 is 14.2 Å². The van der Waals surface area contributed by atoms with Crippen LogP contribution in [-0.4, -0.2) is 65.2 Å². The van der Waals surface area contributed by atoms with Crippen molar-refractivity contribution in [1.82, 2.24) is 0 Å². The Morgan fingerprint density at radius 1 is 0.921 bits per heavy atom. The Kier molecular flexibility index (Phi) is 6.80. The lowest BCUT2D eigenvalue weighted by molar-refractivity contribution is -0.319. The van der Waals surface area contributed by atoms with E-state index in [0.717, 1.165) is 5.56 Å². The van der Waals surface area contributed by atoms with Crippen LogP contribution in [0.1, 0.15) is 71.8 Å². The number of carbonyl (C=O) groups is 2. The predicted octanol–water partition coefficient (Wildman–Crippen LogP) is 3.81. The van der Waals surface area contributed by atoms with Gasteiger partial charge in [0.1, 0.15) is 22.7 Å². The van der Waals surface area contributed by atoms with Gasteiger partial charge in [-0.15, -0.1) is 0 Å². The number of fused-ring (bicyclic) bond motifs is 3. The zero-order valence-corrected chi connectivity index (χ0v) is 23.4. The highest BCUT2D eigenvalue weighted by atomic mass is 16.5. The van der Waals surface area contributed by atoms with Crippen LogP contribution in [0.15, 0.2) is 23.5 Å². The zero-order valence-electron chi connectivity index (χ0n) is 23.4. The first kappa shape index (κ1) is 28.2.